The van der Waals surface area contributed by atoms with Crippen LogP contribution in [0, 0.1) is 5.82 Å². The van der Waals surface area contributed by atoms with Crippen molar-refractivity contribution in [3.8, 4) is 0 Å². The lowest BCUT2D eigenvalue weighted by Gasteiger charge is -2.10. The number of para-hydroxylation sites is 1. The van der Waals surface area contributed by atoms with E-state index in [9.17, 15) is 22.4 Å². The average molecular weight is 381 g/mol. The fraction of sp³-hybridized carbons (Fsp3) is 0.118. The number of fused-ring (bicyclic) bond motifs is 1. The number of thioether (sulfide) groups is 1. The van der Waals surface area contributed by atoms with E-state index in [1.54, 1.807) is 18.2 Å². The van der Waals surface area contributed by atoms with Crippen LogP contribution in [0.3, 0.4) is 0 Å². The van der Waals surface area contributed by atoms with E-state index in [-0.39, 0.29) is 22.0 Å². The molecule has 0 radical (unpaired) electrons. The monoisotopic (exact) mass is 381 g/mol. The first-order chi connectivity index (χ1) is 12.3. The van der Waals surface area contributed by atoms with Crippen molar-refractivity contribution in [2.75, 3.05) is 11.1 Å². The summed E-state index contributed by atoms with van der Waals surface area (Å²) in [5.74, 6) is -2.44. The van der Waals surface area contributed by atoms with E-state index in [1.165, 1.54) is 24.3 Å². The van der Waals surface area contributed by atoms with Gasteiger partial charge in [-0.15, -0.1) is 0 Å². The Labute approximate surface area is 149 Å². The number of aromatic nitrogens is 2. The highest BCUT2D eigenvalue weighted by Gasteiger charge is 2.35. The van der Waals surface area contributed by atoms with Crippen LogP contribution in [0.15, 0.2) is 53.6 Å². The molecule has 0 spiro atoms. The van der Waals surface area contributed by atoms with E-state index in [2.05, 4.69) is 15.3 Å². The number of carbonyl (C=O) groups is 1. The summed E-state index contributed by atoms with van der Waals surface area (Å²) in [5, 5.41) is 2.95. The molecule has 4 nitrogen and oxygen atoms in total. The molecule has 0 unspecified atom stereocenters. The molecule has 1 amide bonds. The first kappa shape index (κ1) is 18.1. The van der Waals surface area contributed by atoms with Crippen LogP contribution in [-0.4, -0.2) is 21.6 Å². The molecule has 0 bridgehead atoms. The lowest BCUT2D eigenvalue weighted by molar-refractivity contribution is -0.145. The molecule has 0 saturated carbocycles. The molecule has 2 aromatic carbocycles. The summed E-state index contributed by atoms with van der Waals surface area (Å²) < 4.78 is 52.0. The number of benzene rings is 2. The van der Waals surface area contributed by atoms with Crippen molar-refractivity contribution in [2.24, 2.45) is 0 Å². The van der Waals surface area contributed by atoms with Gasteiger partial charge >= 0.3 is 6.18 Å². The van der Waals surface area contributed by atoms with Crippen LogP contribution in [0.1, 0.15) is 5.82 Å². The molecule has 134 valence electrons. The van der Waals surface area contributed by atoms with Crippen molar-refractivity contribution < 1.29 is 22.4 Å². The predicted octanol–water partition coefficient (Wildman–Crippen LogP) is 4.52. The number of halogens is 4. The minimum Gasteiger partial charge on any atom is -0.325 e. The molecule has 26 heavy (non-hydrogen) atoms. The number of nitrogens with zero attached hydrogens (tertiary/aromatic N) is 2. The minimum atomic E-state index is -4.69. The second-order valence-electron chi connectivity index (χ2n) is 5.21. The molecule has 1 N–H and O–H groups in total. The molecule has 3 aromatic rings. The van der Waals surface area contributed by atoms with Crippen LogP contribution in [0.4, 0.5) is 23.2 Å². The molecule has 3 rings (SSSR count). The highest BCUT2D eigenvalue weighted by Crippen LogP contribution is 2.32. The van der Waals surface area contributed by atoms with Crippen LogP contribution in [0.25, 0.3) is 10.9 Å². The third kappa shape index (κ3) is 4.29. The standard InChI is InChI=1S/C17H11F4N3OS/c18-10-4-3-5-11(8-10)22-14(25)9-26-15-12-6-1-2-7-13(12)23-16(24-15)17(19,20)21/h1-8H,9H2,(H,22,25). The number of carbonyl (C=O) groups excluding carboxylic acids is 1. The van der Waals surface area contributed by atoms with Crippen LogP contribution >= 0.6 is 11.8 Å². The van der Waals surface area contributed by atoms with Gasteiger partial charge in [-0.1, -0.05) is 36.0 Å². The number of alkyl halides is 3. The Kier molecular flexibility index (Phi) is 5.08. The summed E-state index contributed by atoms with van der Waals surface area (Å²) in [6, 6.07) is 11.6. The molecule has 0 fully saturated rings. The summed E-state index contributed by atoms with van der Waals surface area (Å²) in [6.45, 7) is 0. The zero-order valence-corrected chi connectivity index (χ0v) is 13.9. The van der Waals surface area contributed by atoms with Gasteiger partial charge in [0, 0.05) is 11.1 Å². The van der Waals surface area contributed by atoms with Gasteiger partial charge < -0.3 is 5.32 Å². The van der Waals surface area contributed by atoms with Gasteiger partial charge in [0.2, 0.25) is 11.7 Å². The molecule has 0 aliphatic rings. The summed E-state index contributed by atoms with van der Waals surface area (Å²) in [7, 11) is 0. The SMILES string of the molecule is O=C(CSc1nc(C(F)(F)F)nc2ccccc12)Nc1cccc(F)c1. The van der Waals surface area contributed by atoms with E-state index in [0.29, 0.717) is 5.39 Å². The molecule has 0 atom stereocenters. The summed E-state index contributed by atoms with van der Waals surface area (Å²) >= 11 is 0.855. The number of amides is 1. The van der Waals surface area contributed by atoms with E-state index in [1.807, 2.05) is 0 Å². The second kappa shape index (κ2) is 7.28. The van der Waals surface area contributed by atoms with Gasteiger partial charge in [0.05, 0.1) is 11.3 Å². The Balaban J connectivity index is 1.80. The fourth-order valence-corrected chi connectivity index (χ4v) is 3.00. The summed E-state index contributed by atoms with van der Waals surface area (Å²) in [4.78, 5) is 19.1. The van der Waals surface area contributed by atoms with E-state index in [4.69, 9.17) is 0 Å². The Bertz CT molecular complexity index is 962. The lowest BCUT2D eigenvalue weighted by Crippen LogP contribution is -2.15. The number of hydrogen-bond acceptors (Lipinski definition) is 4. The largest absolute Gasteiger partial charge is 0.451 e. The van der Waals surface area contributed by atoms with Crippen molar-refractivity contribution in [3.63, 3.8) is 0 Å². The van der Waals surface area contributed by atoms with E-state index >= 15 is 0 Å². The molecule has 0 saturated heterocycles. The molecule has 0 aliphatic heterocycles. The van der Waals surface area contributed by atoms with Crippen LogP contribution in [0.2, 0.25) is 0 Å². The quantitative estimate of drug-likeness (QED) is 0.410. The molecule has 1 aromatic heterocycles. The first-order valence-corrected chi connectivity index (χ1v) is 8.34. The minimum absolute atomic E-state index is 0.0531. The Morgan fingerprint density at radius 3 is 2.58 bits per heavy atom. The van der Waals surface area contributed by atoms with Crippen LogP contribution in [0.5, 0.6) is 0 Å². The summed E-state index contributed by atoms with van der Waals surface area (Å²) in [5.41, 5.74) is 0.405. The van der Waals surface area contributed by atoms with Gasteiger partial charge in [0.25, 0.3) is 0 Å². The maximum absolute atomic E-state index is 13.1. The highest BCUT2D eigenvalue weighted by molar-refractivity contribution is 8.00. The van der Waals surface area contributed by atoms with Crippen molar-refractivity contribution in [1.29, 1.82) is 0 Å². The number of nitrogens with one attached hydrogen (secondary N) is 1. The van der Waals surface area contributed by atoms with Crippen molar-refractivity contribution in [1.82, 2.24) is 9.97 Å². The van der Waals surface area contributed by atoms with Gasteiger partial charge in [-0.2, -0.15) is 13.2 Å². The maximum atomic E-state index is 13.1. The smallest absolute Gasteiger partial charge is 0.325 e. The zero-order chi connectivity index (χ0) is 18.7. The topological polar surface area (TPSA) is 54.9 Å². The van der Waals surface area contributed by atoms with Crippen molar-refractivity contribution in [3.05, 3.63) is 60.2 Å². The van der Waals surface area contributed by atoms with E-state index < -0.39 is 23.7 Å². The molecule has 9 heteroatoms. The van der Waals surface area contributed by atoms with E-state index in [0.717, 1.165) is 17.8 Å². The molecular weight excluding hydrogens is 370 g/mol. The van der Waals surface area contributed by atoms with Crippen LogP contribution < -0.4 is 5.32 Å². The van der Waals surface area contributed by atoms with Gasteiger partial charge in [-0.05, 0) is 24.3 Å². The van der Waals surface area contributed by atoms with Gasteiger partial charge in [-0.3, -0.25) is 4.79 Å². The third-order valence-corrected chi connectivity index (χ3v) is 4.26. The molecular formula is C17H11F4N3OS. The fourth-order valence-electron chi connectivity index (χ4n) is 2.18. The van der Waals surface area contributed by atoms with Crippen LogP contribution in [-0.2, 0) is 11.0 Å². The Morgan fingerprint density at radius 1 is 1.08 bits per heavy atom. The number of rotatable bonds is 4. The van der Waals surface area contributed by atoms with Crippen molar-refractivity contribution in [2.45, 2.75) is 11.2 Å². The third-order valence-electron chi connectivity index (χ3n) is 3.27. The summed E-state index contributed by atoms with van der Waals surface area (Å²) in [6.07, 6.45) is -4.69. The number of hydrogen-bond donors (Lipinski definition) is 1. The Hall–Kier alpha value is -2.68. The zero-order valence-electron chi connectivity index (χ0n) is 13.0. The molecule has 0 aliphatic carbocycles. The average Bonchev–Trinajstić information content (AvgIpc) is 2.58. The second-order valence-corrected chi connectivity index (χ2v) is 6.18. The normalized spacial score (nSPS) is 11.5. The molecule has 1 heterocycles. The number of anilines is 1. The van der Waals surface area contributed by atoms with Gasteiger partial charge in [0.1, 0.15) is 10.8 Å². The maximum Gasteiger partial charge on any atom is 0.451 e. The predicted molar refractivity (Wildman–Crippen MR) is 90.3 cm³/mol. The van der Waals surface area contributed by atoms with Gasteiger partial charge in [0.15, 0.2) is 0 Å². The van der Waals surface area contributed by atoms with Crippen molar-refractivity contribution >= 4 is 34.3 Å². The lowest BCUT2D eigenvalue weighted by atomic mass is 10.2. The highest BCUT2D eigenvalue weighted by atomic mass is 32.2. The Morgan fingerprint density at radius 2 is 1.85 bits per heavy atom. The van der Waals surface area contributed by atoms with Gasteiger partial charge in [-0.25, -0.2) is 14.4 Å². The first-order valence-electron chi connectivity index (χ1n) is 7.35.